The molecule has 4 aromatic rings. The summed E-state index contributed by atoms with van der Waals surface area (Å²) < 4.78 is 14.4. The van der Waals surface area contributed by atoms with Crippen LogP contribution in [0.4, 0.5) is 5.82 Å². The Morgan fingerprint density at radius 2 is 1.84 bits per heavy atom. The van der Waals surface area contributed by atoms with Gasteiger partial charge in [-0.25, -0.2) is 15.0 Å². The monoisotopic (exact) mass is 515 g/mol. The van der Waals surface area contributed by atoms with Crippen molar-refractivity contribution in [3.05, 3.63) is 83.9 Å². The molecule has 6 rings (SSSR count). The van der Waals surface area contributed by atoms with Crippen molar-refractivity contribution in [3.8, 4) is 0 Å². The molecule has 1 saturated heterocycles. The molecule has 0 amide bonds. The van der Waals surface area contributed by atoms with Gasteiger partial charge in [-0.2, -0.15) is 0 Å². The van der Waals surface area contributed by atoms with E-state index >= 15 is 0 Å². The predicted molar refractivity (Wildman–Crippen MR) is 142 cm³/mol. The van der Waals surface area contributed by atoms with Gasteiger partial charge in [-0.15, -0.1) is 0 Å². The standard InChI is InChI=1S/C29H33N5O4/c30-27-23-28(32-16-31-27)34(17-33-23)29-25(36)24(35)26(38-29)22(15-18-7-2-1-3-8-18)37-14-13-20-11-6-10-19-9-4-5-12-21(19)20/h1-5,7-9,12,16-17,20,22,24-26,29,35-36H,6,10-11,13-15H2,(H2,30,31,32)/t20?,22?,24-,25+,26+,29+/m0/s1. The van der Waals surface area contributed by atoms with Crippen LogP contribution in [0.15, 0.2) is 67.3 Å². The van der Waals surface area contributed by atoms with Gasteiger partial charge in [-0.1, -0.05) is 54.6 Å². The molecule has 1 fully saturated rings. The number of fused-ring (bicyclic) bond motifs is 2. The SMILES string of the molecule is Nc1ncnc2c1ncn2[C@@H]1O[C@H](C(Cc2ccccc2)OCCC2CCCc3ccccc32)[C@@H](O)[C@H]1O. The molecule has 6 atom stereocenters. The van der Waals surface area contributed by atoms with Crippen LogP contribution < -0.4 is 5.73 Å². The molecule has 2 unspecified atom stereocenters. The fourth-order valence-corrected chi connectivity index (χ4v) is 5.91. The van der Waals surface area contributed by atoms with Crippen LogP contribution >= 0.6 is 0 Å². The minimum absolute atomic E-state index is 0.243. The summed E-state index contributed by atoms with van der Waals surface area (Å²) in [6.45, 7) is 0.529. The lowest BCUT2D eigenvalue weighted by atomic mass is 9.81. The summed E-state index contributed by atoms with van der Waals surface area (Å²) >= 11 is 0. The number of benzene rings is 2. The number of hydrogen-bond donors (Lipinski definition) is 3. The van der Waals surface area contributed by atoms with Gasteiger partial charge in [0.05, 0.1) is 12.4 Å². The molecule has 3 heterocycles. The zero-order valence-electron chi connectivity index (χ0n) is 21.1. The largest absolute Gasteiger partial charge is 0.387 e. The smallest absolute Gasteiger partial charge is 0.167 e. The number of nitrogens with zero attached hydrogens (tertiary/aromatic N) is 4. The number of imidazole rings is 1. The van der Waals surface area contributed by atoms with E-state index in [2.05, 4.69) is 39.2 Å². The average molecular weight is 516 g/mol. The number of rotatable bonds is 8. The molecular weight excluding hydrogens is 482 g/mol. The fourth-order valence-electron chi connectivity index (χ4n) is 5.91. The van der Waals surface area contributed by atoms with Crippen molar-refractivity contribution in [1.82, 2.24) is 19.5 Å². The molecule has 9 heteroatoms. The number of aliphatic hydroxyl groups is 2. The van der Waals surface area contributed by atoms with E-state index in [4.69, 9.17) is 15.2 Å². The Balaban J connectivity index is 1.21. The maximum Gasteiger partial charge on any atom is 0.167 e. The zero-order valence-corrected chi connectivity index (χ0v) is 21.1. The van der Waals surface area contributed by atoms with Gasteiger partial charge in [0.1, 0.15) is 30.2 Å². The van der Waals surface area contributed by atoms with Crippen molar-refractivity contribution in [2.24, 2.45) is 0 Å². The molecule has 9 nitrogen and oxygen atoms in total. The van der Waals surface area contributed by atoms with E-state index in [0.29, 0.717) is 30.1 Å². The molecule has 38 heavy (non-hydrogen) atoms. The number of aryl methyl sites for hydroxylation is 1. The van der Waals surface area contributed by atoms with Crippen LogP contribution in [0.3, 0.4) is 0 Å². The second-order valence-electron chi connectivity index (χ2n) is 10.2. The van der Waals surface area contributed by atoms with Crippen molar-refractivity contribution in [2.45, 2.75) is 68.7 Å². The number of ether oxygens (including phenoxy) is 2. The van der Waals surface area contributed by atoms with Gasteiger partial charge in [-0.3, -0.25) is 4.57 Å². The molecule has 0 bridgehead atoms. The maximum absolute atomic E-state index is 11.1. The van der Waals surface area contributed by atoms with Gasteiger partial charge in [0, 0.05) is 13.0 Å². The Kier molecular flexibility index (Phi) is 7.08. The van der Waals surface area contributed by atoms with E-state index < -0.39 is 30.6 Å². The Morgan fingerprint density at radius 3 is 2.71 bits per heavy atom. The van der Waals surface area contributed by atoms with Crippen LogP contribution in [-0.4, -0.2) is 60.8 Å². The molecular formula is C29H33N5O4. The Hall–Kier alpha value is -3.37. The van der Waals surface area contributed by atoms with Crippen LogP contribution in [0.5, 0.6) is 0 Å². The number of aromatic nitrogens is 4. The topological polar surface area (TPSA) is 129 Å². The molecule has 1 aliphatic carbocycles. The van der Waals surface area contributed by atoms with E-state index in [9.17, 15) is 10.2 Å². The lowest BCUT2D eigenvalue weighted by molar-refractivity contribution is -0.107. The lowest BCUT2D eigenvalue weighted by Crippen LogP contribution is -2.41. The Labute approximate surface area is 221 Å². The van der Waals surface area contributed by atoms with Gasteiger partial charge < -0.3 is 25.4 Å². The van der Waals surface area contributed by atoms with Crippen LogP contribution in [0.1, 0.15) is 48.1 Å². The number of nitrogen functional groups attached to an aromatic ring is 1. The third-order valence-electron chi connectivity index (χ3n) is 7.87. The summed E-state index contributed by atoms with van der Waals surface area (Å²) in [5.41, 5.74) is 10.7. The number of aliphatic hydroxyl groups excluding tert-OH is 2. The number of nitrogens with two attached hydrogens (primary N) is 1. The van der Waals surface area contributed by atoms with Crippen molar-refractivity contribution in [1.29, 1.82) is 0 Å². The normalized spacial score (nSPS) is 25.9. The van der Waals surface area contributed by atoms with Gasteiger partial charge in [0.2, 0.25) is 0 Å². The first kappa shape index (κ1) is 24.9. The quantitative estimate of drug-likeness (QED) is 0.326. The fraction of sp³-hybridized carbons (Fsp3) is 0.414. The molecule has 198 valence electrons. The van der Waals surface area contributed by atoms with Crippen LogP contribution in [0.2, 0.25) is 0 Å². The van der Waals surface area contributed by atoms with Gasteiger partial charge >= 0.3 is 0 Å². The summed E-state index contributed by atoms with van der Waals surface area (Å²) in [4.78, 5) is 12.5. The van der Waals surface area contributed by atoms with Gasteiger partial charge in [-0.05, 0) is 48.3 Å². The van der Waals surface area contributed by atoms with Crippen LogP contribution in [-0.2, 0) is 22.3 Å². The number of hydrogen-bond acceptors (Lipinski definition) is 8. The first-order valence-electron chi connectivity index (χ1n) is 13.3. The van der Waals surface area contributed by atoms with Crippen molar-refractivity contribution in [3.63, 3.8) is 0 Å². The first-order chi connectivity index (χ1) is 18.6. The third kappa shape index (κ3) is 4.78. The third-order valence-corrected chi connectivity index (χ3v) is 7.87. The summed E-state index contributed by atoms with van der Waals surface area (Å²) in [7, 11) is 0. The minimum atomic E-state index is -1.19. The molecule has 2 aliphatic rings. The maximum atomic E-state index is 11.1. The van der Waals surface area contributed by atoms with E-state index in [1.807, 2.05) is 30.3 Å². The summed E-state index contributed by atoms with van der Waals surface area (Å²) in [5, 5.41) is 22.2. The molecule has 2 aromatic heterocycles. The van der Waals surface area contributed by atoms with Crippen molar-refractivity contribution in [2.75, 3.05) is 12.3 Å². The highest BCUT2D eigenvalue weighted by molar-refractivity contribution is 5.81. The second kappa shape index (κ2) is 10.8. The average Bonchev–Trinajstić information content (AvgIpc) is 3.50. The van der Waals surface area contributed by atoms with Crippen LogP contribution in [0.25, 0.3) is 11.2 Å². The van der Waals surface area contributed by atoms with E-state index in [-0.39, 0.29) is 5.82 Å². The molecule has 0 radical (unpaired) electrons. The second-order valence-corrected chi connectivity index (χ2v) is 10.2. The molecule has 0 saturated carbocycles. The molecule has 2 aromatic carbocycles. The van der Waals surface area contributed by atoms with E-state index in [1.165, 1.54) is 30.2 Å². The van der Waals surface area contributed by atoms with Crippen molar-refractivity contribution < 1.29 is 19.7 Å². The minimum Gasteiger partial charge on any atom is -0.387 e. The highest BCUT2D eigenvalue weighted by Crippen LogP contribution is 2.36. The summed E-state index contributed by atoms with van der Waals surface area (Å²) in [5.74, 6) is 0.695. The Bertz CT molecular complexity index is 1380. The van der Waals surface area contributed by atoms with Crippen molar-refractivity contribution >= 4 is 17.0 Å². The predicted octanol–water partition coefficient (Wildman–Crippen LogP) is 3.17. The zero-order chi connectivity index (χ0) is 26.1. The molecule has 1 aliphatic heterocycles. The highest BCUT2D eigenvalue weighted by atomic mass is 16.6. The van der Waals surface area contributed by atoms with E-state index in [1.54, 1.807) is 4.57 Å². The Morgan fingerprint density at radius 1 is 1.03 bits per heavy atom. The summed E-state index contributed by atoms with van der Waals surface area (Å²) in [6.07, 6.45) is 3.30. The summed E-state index contributed by atoms with van der Waals surface area (Å²) in [6, 6.07) is 18.7. The van der Waals surface area contributed by atoms with Gasteiger partial charge in [0.25, 0.3) is 0 Å². The highest BCUT2D eigenvalue weighted by Gasteiger charge is 2.48. The van der Waals surface area contributed by atoms with Gasteiger partial charge in [0.15, 0.2) is 17.7 Å². The first-order valence-corrected chi connectivity index (χ1v) is 13.3. The lowest BCUT2D eigenvalue weighted by Gasteiger charge is -2.29. The van der Waals surface area contributed by atoms with E-state index in [0.717, 1.165) is 24.8 Å². The molecule has 4 N–H and O–H groups in total. The van der Waals surface area contributed by atoms with Crippen LogP contribution in [0, 0.1) is 0 Å². The molecule has 0 spiro atoms. The number of anilines is 1.